The molecule has 0 unspecified atom stereocenters. The molecule has 0 spiro atoms. The monoisotopic (exact) mass is 325 g/mol. The molecule has 5 nitrogen and oxygen atoms in total. The number of likely N-dealkylation sites (N-methyl/N-ethyl adjacent to an activating group) is 1. The van der Waals surface area contributed by atoms with Crippen LogP contribution in [-0.4, -0.2) is 37.1 Å². The minimum absolute atomic E-state index is 0. The van der Waals surface area contributed by atoms with E-state index in [1.807, 2.05) is 13.8 Å². The summed E-state index contributed by atoms with van der Waals surface area (Å²) in [6.07, 6.45) is 0. The van der Waals surface area contributed by atoms with Crippen molar-refractivity contribution in [1.82, 2.24) is 4.90 Å². The van der Waals surface area contributed by atoms with Gasteiger partial charge in [0.2, 0.25) is 5.76 Å². The van der Waals surface area contributed by atoms with Crippen molar-refractivity contribution >= 4 is 29.3 Å². The van der Waals surface area contributed by atoms with Crippen molar-refractivity contribution in [2.75, 3.05) is 26.2 Å². The predicted molar refractivity (Wildman–Crippen MR) is 87.8 cm³/mol. The smallest absolute Gasteiger partial charge is 0.374 e. The lowest BCUT2D eigenvalue weighted by Gasteiger charge is -2.17. The summed E-state index contributed by atoms with van der Waals surface area (Å²) in [4.78, 5) is 26.0. The Labute approximate surface area is 135 Å². The van der Waals surface area contributed by atoms with Crippen molar-refractivity contribution in [2.45, 2.75) is 13.8 Å². The van der Waals surface area contributed by atoms with Gasteiger partial charge in [0.05, 0.1) is 5.39 Å². The summed E-state index contributed by atoms with van der Waals surface area (Å²) in [6.45, 7) is 6.84. The van der Waals surface area contributed by atoms with Gasteiger partial charge in [-0.05, 0) is 25.2 Å². The Balaban J connectivity index is 0.00000242. The van der Waals surface area contributed by atoms with Crippen molar-refractivity contribution in [3.8, 4) is 0 Å². The maximum absolute atomic E-state index is 11.9. The molecule has 6 heteroatoms. The van der Waals surface area contributed by atoms with Crippen LogP contribution < -0.4 is 5.43 Å². The highest BCUT2D eigenvalue weighted by Gasteiger charge is 2.13. The van der Waals surface area contributed by atoms with E-state index in [0.29, 0.717) is 17.5 Å². The maximum atomic E-state index is 11.9. The van der Waals surface area contributed by atoms with Crippen LogP contribution in [0.5, 0.6) is 0 Å². The molecule has 120 valence electrons. The molecule has 0 atom stereocenters. The van der Waals surface area contributed by atoms with Gasteiger partial charge in [-0.25, -0.2) is 4.79 Å². The van der Waals surface area contributed by atoms with E-state index in [0.717, 1.165) is 13.1 Å². The standard InChI is InChI=1S/C16H19NO4.ClH/c1-3-17(4-2)9-10-20-16(19)15-11-13(18)12-7-5-6-8-14(12)21-15;/h5-8,11H,3-4,9-10H2,1-2H3;1H. The molecular weight excluding hydrogens is 306 g/mol. The van der Waals surface area contributed by atoms with E-state index in [4.69, 9.17) is 9.15 Å². The van der Waals surface area contributed by atoms with Gasteiger partial charge in [0.15, 0.2) is 5.43 Å². The number of halogens is 1. The van der Waals surface area contributed by atoms with Gasteiger partial charge in [-0.15, -0.1) is 12.4 Å². The molecule has 0 saturated heterocycles. The van der Waals surface area contributed by atoms with Gasteiger partial charge in [-0.2, -0.15) is 0 Å². The van der Waals surface area contributed by atoms with E-state index in [9.17, 15) is 9.59 Å². The maximum Gasteiger partial charge on any atom is 0.374 e. The summed E-state index contributed by atoms with van der Waals surface area (Å²) in [5.41, 5.74) is 0.147. The molecule has 0 amide bonds. The molecule has 1 aromatic heterocycles. The van der Waals surface area contributed by atoms with Crippen molar-refractivity contribution in [3.63, 3.8) is 0 Å². The fourth-order valence-corrected chi connectivity index (χ4v) is 2.08. The van der Waals surface area contributed by atoms with Gasteiger partial charge >= 0.3 is 5.97 Å². The van der Waals surface area contributed by atoms with E-state index in [1.54, 1.807) is 24.3 Å². The van der Waals surface area contributed by atoms with E-state index >= 15 is 0 Å². The Morgan fingerprint density at radius 1 is 1.23 bits per heavy atom. The van der Waals surface area contributed by atoms with Gasteiger partial charge in [0.25, 0.3) is 0 Å². The van der Waals surface area contributed by atoms with E-state index in [1.165, 1.54) is 6.07 Å². The van der Waals surface area contributed by atoms with Crippen LogP contribution >= 0.6 is 12.4 Å². The topological polar surface area (TPSA) is 59.8 Å². The molecule has 0 radical (unpaired) electrons. The second-order valence-electron chi connectivity index (χ2n) is 4.63. The van der Waals surface area contributed by atoms with Crippen LogP contribution in [0.25, 0.3) is 11.0 Å². The van der Waals surface area contributed by atoms with Gasteiger partial charge < -0.3 is 14.1 Å². The van der Waals surface area contributed by atoms with Gasteiger partial charge in [-0.3, -0.25) is 4.79 Å². The number of benzene rings is 1. The zero-order valence-corrected chi connectivity index (χ0v) is 13.5. The number of nitrogens with zero attached hydrogens (tertiary/aromatic N) is 1. The van der Waals surface area contributed by atoms with Crippen molar-refractivity contribution in [3.05, 3.63) is 46.3 Å². The molecule has 0 aliphatic rings. The predicted octanol–water partition coefficient (Wildman–Crippen LogP) is 2.71. The van der Waals surface area contributed by atoms with Crippen LogP contribution in [0.4, 0.5) is 0 Å². The van der Waals surface area contributed by atoms with E-state index < -0.39 is 5.97 Å². The number of fused-ring (bicyclic) bond motifs is 1. The minimum atomic E-state index is -0.606. The third-order valence-electron chi connectivity index (χ3n) is 3.37. The third-order valence-corrected chi connectivity index (χ3v) is 3.37. The molecule has 1 aromatic carbocycles. The van der Waals surface area contributed by atoms with E-state index in [2.05, 4.69) is 4.90 Å². The number of carbonyl (C=O) groups is 1. The summed E-state index contributed by atoms with van der Waals surface area (Å²) in [5.74, 6) is -0.664. The molecular formula is C16H20ClNO4. The van der Waals surface area contributed by atoms with Crippen molar-refractivity contribution in [2.24, 2.45) is 0 Å². The fraction of sp³-hybridized carbons (Fsp3) is 0.375. The van der Waals surface area contributed by atoms with Crippen LogP contribution in [0.1, 0.15) is 24.4 Å². The first-order valence-corrected chi connectivity index (χ1v) is 7.08. The molecule has 22 heavy (non-hydrogen) atoms. The quantitative estimate of drug-likeness (QED) is 0.764. The fourth-order valence-electron chi connectivity index (χ4n) is 2.08. The minimum Gasteiger partial charge on any atom is -0.458 e. The molecule has 0 fully saturated rings. The first-order valence-electron chi connectivity index (χ1n) is 7.08. The Kier molecular flexibility index (Phi) is 7.08. The Morgan fingerprint density at radius 3 is 2.59 bits per heavy atom. The largest absolute Gasteiger partial charge is 0.458 e. The number of ether oxygens (including phenoxy) is 1. The van der Waals surface area contributed by atoms with Gasteiger partial charge in [0, 0.05) is 12.6 Å². The molecule has 2 rings (SSSR count). The van der Waals surface area contributed by atoms with Crippen molar-refractivity contribution in [1.29, 1.82) is 0 Å². The average molecular weight is 326 g/mol. The highest BCUT2D eigenvalue weighted by molar-refractivity contribution is 5.88. The summed E-state index contributed by atoms with van der Waals surface area (Å²) in [5, 5.41) is 0.456. The number of para-hydroxylation sites is 1. The van der Waals surface area contributed by atoms with Gasteiger partial charge in [-0.1, -0.05) is 26.0 Å². The van der Waals surface area contributed by atoms with Crippen LogP contribution in [0.15, 0.2) is 39.5 Å². The number of hydrogen-bond donors (Lipinski definition) is 0. The molecule has 1 heterocycles. The highest BCUT2D eigenvalue weighted by Crippen LogP contribution is 2.12. The molecule has 2 aromatic rings. The molecule has 0 aliphatic heterocycles. The highest BCUT2D eigenvalue weighted by atomic mass is 35.5. The zero-order valence-electron chi connectivity index (χ0n) is 12.7. The lowest BCUT2D eigenvalue weighted by molar-refractivity contribution is 0.0431. The number of hydrogen-bond acceptors (Lipinski definition) is 5. The number of rotatable bonds is 6. The van der Waals surface area contributed by atoms with Crippen LogP contribution in [0, 0.1) is 0 Å². The summed E-state index contributed by atoms with van der Waals surface area (Å²) < 4.78 is 10.6. The third kappa shape index (κ3) is 4.32. The molecule has 0 saturated carbocycles. The SMILES string of the molecule is CCN(CC)CCOC(=O)c1cc(=O)c2ccccc2o1.Cl. The number of carbonyl (C=O) groups excluding carboxylic acids is 1. The summed E-state index contributed by atoms with van der Waals surface area (Å²) in [7, 11) is 0. The first-order chi connectivity index (χ1) is 10.2. The van der Waals surface area contributed by atoms with Crippen LogP contribution in [0.3, 0.4) is 0 Å². The normalized spacial score (nSPS) is 10.5. The lowest BCUT2D eigenvalue weighted by atomic mass is 10.2. The summed E-state index contributed by atoms with van der Waals surface area (Å²) in [6, 6.07) is 8.00. The molecule has 0 bridgehead atoms. The molecule has 0 aliphatic carbocycles. The Bertz CT molecular complexity index is 679. The first kappa shape index (κ1) is 18.2. The lowest BCUT2D eigenvalue weighted by Crippen LogP contribution is -2.28. The zero-order chi connectivity index (χ0) is 15.2. The Hall–Kier alpha value is -1.85. The average Bonchev–Trinajstić information content (AvgIpc) is 2.51. The van der Waals surface area contributed by atoms with Crippen LogP contribution in [-0.2, 0) is 4.74 Å². The van der Waals surface area contributed by atoms with Crippen molar-refractivity contribution < 1.29 is 13.9 Å². The Morgan fingerprint density at radius 2 is 1.91 bits per heavy atom. The number of esters is 1. The second-order valence-corrected chi connectivity index (χ2v) is 4.63. The summed E-state index contributed by atoms with van der Waals surface area (Å²) >= 11 is 0. The van der Waals surface area contributed by atoms with E-state index in [-0.39, 0.29) is 30.2 Å². The second kappa shape index (κ2) is 8.56. The van der Waals surface area contributed by atoms with Gasteiger partial charge in [0.1, 0.15) is 12.2 Å². The molecule has 0 N–H and O–H groups in total. The van der Waals surface area contributed by atoms with Crippen LogP contribution in [0.2, 0.25) is 0 Å².